The highest BCUT2D eigenvalue weighted by Gasteiger charge is 2.16. The van der Waals surface area contributed by atoms with E-state index in [4.69, 9.17) is 4.74 Å². The number of hydrogen-bond acceptors (Lipinski definition) is 5. The average Bonchev–Trinajstić information content (AvgIpc) is 3.02. The predicted molar refractivity (Wildman–Crippen MR) is 108 cm³/mol. The van der Waals surface area contributed by atoms with Crippen molar-refractivity contribution < 1.29 is 4.74 Å². The molecule has 3 rings (SSSR count). The Labute approximate surface area is 157 Å². The van der Waals surface area contributed by atoms with Crippen molar-refractivity contribution in [2.45, 2.75) is 59.2 Å². The smallest absolute Gasteiger partial charge is 0.155 e. The van der Waals surface area contributed by atoms with Crippen LogP contribution in [0.4, 0.5) is 11.5 Å². The molecule has 0 aliphatic carbocycles. The summed E-state index contributed by atoms with van der Waals surface area (Å²) in [6.07, 6.45) is 7.83. The van der Waals surface area contributed by atoms with E-state index in [1.165, 1.54) is 18.4 Å². The monoisotopic (exact) mass is 354 g/mol. The third-order valence-corrected chi connectivity index (χ3v) is 4.26. The first-order valence-electron chi connectivity index (χ1n) is 9.33. The van der Waals surface area contributed by atoms with E-state index < -0.39 is 0 Å². The Balaban J connectivity index is 0.000000290. The van der Waals surface area contributed by atoms with Crippen LogP contribution in [-0.4, -0.2) is 34.9 Å². The first kappa shape index (κ1) is 20.0. The van der Waals surface area contributed by atoms with Crippen molar-refractivity contribution in [2.75, 3.05) is 11.9 Å². The molecule has 5 nitrogen and oxygen atoms in total. The lowest BCUT2D eigenvalue weighted by Gasteiger charge is -2.09. The molecule has 1 N–H and O–H groups in total. The minimum Gasteiger partial charge on any atom is -0.376 e. The number of anilines is 1. The number of nitrogens with zero attached hydrogens (tertiary/aromatic N) is 3. The summed E-state index contributed by atoms with van der Waals surface area (Å²) in [5.74, 6) is 0.793. The van der Waals surface area contributed by atoms with E-state index in [1.54, 1.807) is 12.5 Å². The van der Waals surface area contributed by atoms with Gasteiger partial charge in [0.15, 0.2) is 5.82 Å². The van der Waals surface area contributed by atoms with Crippen LogP contribution in [0.2, 0.25) is 0 Å². The number of hydrogen-bond donors (Lipinski definition) is 1. The largest absolute Gasteiger partial charge is 0.376 e. The summed E-state index contributed by atoms with van der Waals surface area (Å²) in [6, 6.07) is 10.4. The standard InChI is InChI=1S/C15H18N4.C6H12O/c1-3-16-14-12(2)18-11-19-15(14)17-10-9-13-7-5-4-6-8-13;1-5-3-4-6(2)7-5/h3-8,11H,9-10H2,1-2H3,(H,17,18,19);5-6H,3-4H2,1-2H3. The molecular formula is C21H30N4O. The summed E-state index contributed by atoms with van der Waals surface area (Å²) in [5.41, 5.74) is 3.01. The molecular weight excluding hydrogens is 324 g/mol. The highest BCUT2D eigenvalue weighted by molar-refractivity contribution is 5.70. The summed E-state index contributed by atoms with van der Waals surface area (Å²) >= 11 is 0. The van der Waals surface area contributed by atoms with Gasteiger partial charge < -0.3 is 10.1 Å². The third-order valence-electron chi connectivity index (χ3n) is 4.26. The first-order valence-corrected chi connectivity index (χ1v) is 9.33. The third kappa shape index (κ3) is 6.56. The van der Waals surface area contributed by atoms with Gasteiger partial charge in [0.05, 0.1) is 17.9 Å². The van der Waals surface area contributed by atoms with E-state index >= 15 is 0 Å². The highest BCUT2D eigenvalue weighted by Crippen LogP contribution is 2.24. The Kier molecular flexibility index (Phi) is 8.22. The van der Waals surface area contributed by atoms with E-state index in [1.807, 2.05) is 19.9 Å². The minimum atomic E-state index is 0.523. The molecule has 5 heteroatoms. The van der Waals surface area contributed by atoms with Crippen LogP contribution in [0.5, 0.6) is 0 Å². The molecule has 0 saturated carbocycles. The Morgan fingerprint density at radius 3 is 2.42 bits per heavy atom. The molecule has 1 saturated heterocycles. The van der Waals surface area contributed by atoms with Crippen LogP contribution < -0.4 is 5.32 Å². The van der Waals surface area contributed by atoms with Crippen LogP contribution in [0.3, 0.4) is 0 Å². The Morgan fingerprint density at radius 2 is 1.85 bits per heavy atom. The van der Waals surface area contributed by atoms with E-state index in [-0.39, 0.29) is 0 Å². The maximum atomic E-state index is 5.36. The quantitative estimate of drug-likeness (QED) is 0.788. The summed E-state index contributed by atoms with van der Waals surface area (Å²) in [7, 11) is 0. The Morgan fingerprint density at radius 1 is 1.15 bits per heavy atom. The lowest BCUT2D eigenvalue weighted by atomic mass is 10.1. The van der Waals surface area contributed by atoms with Gasteiger partial charge in [0.2, 0.25) is 0 Å². The molecule has 0 spiro atoms. The second-order valence-corrected chi connectivity index (χ2v) is 6.54. The number of aryl methyl sites for hydroxylation is 1. The fourth-order valence-electron chi connectivity index (χ4n) is 2.85. The van der Waals surface area contributed by atoms with Crippen LogP contribution in [0.15, 0.2) is 41.7 Å². The number of aromatic nitrogens is 2. The second kappa shape index (κ2) is 10.7. The molecule has 140 valence electrons. The number of nitrogens with one attached hydrogen (secondary N) is 1. The zero-order chi connectivity index (χ0) is 18.8. The number of rotatable bonds is 5. The van der Waals surface area contributed by atoms with Crippen LogP contribution in [0.1, 0.15) is 44.9 Å². The number of benzene rings is 1. The Bertz CT molecular complexity index is 680. The number of ether oxygens (including phenoxy) is 1. The van der Waals surface area contributed by atoms with Crippen molar-refractivity contribution >= 4 is 17.7 Å². The lowest BCUT2D eigenvalue weighted by Crippen LogP contribution is -2.07. The predicted octanol–water partition coefficient (Wildman–Crippen LogP) is 4.74. The first-order chi connectivity index (χ1) is 12.6. The van der Waals surface area contributed by atoms with Gasteiger partial charge >= 0.3 is 0 Å². The zero-order valence-electron chi connectivity index (χ0n) is 16.3. The maximum Gasteiger partial charge on any atom is 0.155 e. The lowest BCUT2D eigenvalue weighted by molar-refractivity contribution is 0.0673. The van der Waals surface area contributed by atoms with E-state index in [2.05, 4.69) is 58.4 Å². The summed E-state index contributed by atoms with van der Waals surface area (Å²) in [6.45, 7) is 8.91. The Hall–Kier alpha value is -2.27. The van der Waals surface area contributed by atoms with Crippen LogP contribution >= 0.6 is 0 Å². The molecule has 1 aromatic carbocycles. The summed E-state index contributed by atoms with van der Waals surface area (Å²) in [5, 5.41) is 3.32. The molecule has 2 unspecified atom stereocenters. The van der Waals surface area contributed by atoms with Gasteiger partial charge in [-0.1, -0.05) is 30.3 Å². The summed E-state index contributed by atoms with van der Waals surface area (Å²) in [4.78, 5) is 12.7. The summed E-state index contributed by atoms with van der Waals surface area (Å²) < 4.78 is 5.36. The average molecular weight is 354 g/mol. The molecule has 0 bridgehead atoms. The van der Waals surface area contributed by atoms with E-state index in [9.17, 15) is 0 Å². The van der Waals surface area contributed by atoms with Crippen molar-refractivity contribution in [2.24, 2.45) is 4.99 Å². The van der Waals surface area contributed by atoms with Gasteiger partial charge in [0, 0.05) is 12.8 Å². The molecule has 2 atom stereocenters. The normalized spacial score (nSPS) is 19.2. The molecule has 26 heavy (non-hydrogen) atoms. The molecule has 2 aromatic rings. The number of aliphatic imine (C=N–C) groups is 1. The van der Waals surface area contributed by atoms with Gasteiger partial charge in [-0.3, -0.25) is 4.99 Å². The fraction of sp³-hybridized carbons (Fsp3) is 0.476. The molecule has 0 radical (unpaired) electrons. The van der Waals surface area contributed by atoms with Gasteiger partial charge in [-0.15, -0.1) is 0 Å². The second-order valence-electron chi connectivity index (χ2n) is 6.54. The maximum absolute atomic E-state index is 5.36. The van der Waals surface area contributed by atoms with Crippen molar-refractivity contribution in [1.82, 2.24) is 9.97 Å². The van der Waals surface area contributed by atoms with Gasteiger partial charge in [-0.25, -0.2) is 9.97 Å². The van der Waals surface area contributed by atoms with Gasteiger partial charge in [0.25, 0.3) is 0 Å². The SMILES string of the molecule is CC1CCC(C)O1.CC=Nc1c(C)ncnc1NCCc1ccccc1. The molecule has 0 amide bonds. The van der Waals surface area contributed by atoms with Crippen molar-refractivity contribution in [1.29, 1.82) is 0 Å². The molecule has 2 heterocycles. The van der Waals surface area contributed by atoms with E-state index in [0.717, 1.165) is 30.2 Å². The zero-order valence-corrected chi connectivity index (χ0v) is 16.3. The van der Waals surface area contributed by atoms with Gasteiger partial charge in [-0.2, -0.15) is 0 Å². The molecule has 1 aromatic heterocycles. The molecule has 1 fully saturated rings. The van der Waals surface area contributed by atoms with Gasteiger partial charge in [-0.05, 0) is 52.5 Å². The van der Waals surface area contributed by atoms with Crippen LogP contribution in [0.25, 0.3) is 0 Å². The topological polar surface area (TPSA) is 59.4 Å². The highest BCUT2D eigenvalue weighted by atomic mass is 16.5. The van der Waals surface area contributed by atoms with Gasteiger partial charge in [0.1, 0.15) is 12.0 Å². The van der Waals surface area contributed by atoms with Crippen molar-refractivity contribution in [3.8, 4) is 0 Å². The minimum absolute atomic E-state index is 0.523. The fourth-order valence-corrected chi connectivity index (χ4v) is 2.85. The van der Waals surface area contributed by atoms with Crippen molar-refractivity contribution in [3.05, 3.63) is 47.9 Å². The molecule has 1 aliphatic heterocycles. The van der Waals surface area contributed by atoms with Crippen molar-refractivity contribution in [3.63, 3.8) is 0 Å². The van der Waals surface area contributed by atoms with E-state index in [0.29, 0.717) is 12.2 Å². The molecule has 1 aliphatic rings. The van der Waals surface area contributed by atoms with Crippen LogP contribution in [0, 0.1) is 6.92 Å². The van der Waals surface area contributed by atoms with Crippen LogP contribution in [-0.2, 0) is 11.2 Å².